The van der Waals surface area contributed by atoms with E-state index in [1.165, 1.54) is 19.1 Å². The van der Waals surface area contributed by atoms with Crippen molar-refractivity contribution >= 4 is 11.6 Å². The zero-order valence-electron chi connectivity index (χ0n) is 16.9. The van der Waals surface area contributed by atoms with Crippen LogP contribution in [0.3, 0.4) is 0 Å². The van der Waals surface area contributed by atoms with Gasteiger partial charge in [0, 0.05) is 31.2 Å². The van der Waals surface area contributed by atoms with Crippen molar-refractivity contribution < 1.29 is 27.4 Å². The van der Waals surface area contributed by atoms with E-state index in [1.54, 1.807) is 39.0 Å². The van der Waals surface area contributed by atoms with Gasteiger partial charge in [-0.1, -0.05) is 0 Å². The zero-order chi connectivity index (χ0) is 21.1. The molecule has 6 nitrogen and oxygen atoms in total. The minimum Gasteiger partial charge on any atom is -0.497 e. The number of methoxy groups -OCH3 is 2. The summed E-state index contributed by atoms with van der Waals surface area (Å²) in [6.07, 6.45) is -4.24. The third-order valence-corrected chi connectivity index (χ3v) is 5.07. The zero-order valence-corrected chi connectivity index (χ0v) is 16.9. The molecule has 1 amide bonds. The predicted octanol–water partition coefficient (Wildman–Crippen LogP) is 2.99. The molecule has 1 aliphatic heterocycles. The van der Waals surface area contributed by atoms with Crippen molar-refractivity contribution in [3.05, 3.63) is 18.2 Å². The summed E-state index contributed by atoms with van der Waals surface area (Å²) in [5.41, 5.74) is -0.218. The topological polar surface area (TPSA) is 54.0 Å². The highest BCUT2D eigenvalue weighted by Gasteiger charge is 2.42. The Morgan fingerprint density at radius 3 is 2.46 bits per heavy atom. The Morgan fingerprint density at radius 1 is 1.25 bits per heavy atom. The number of nitrogens with one attached hydrogen (secondary N) is 1. The molecular weight excluding hydrogens is 375 g/mol. The van der Waals surface area contributed by atoms with Crippen molar-refractivity contribution in [3.63, 3.8) is 0 Å². The summed E-state index contributed by atoms with van der Waals surface area (Å²) in [5.74, 6) is 0.814. The average molecular weight is 403 g/mol. The SMILES string of the molecule is COc1ccc(OC)c(NC(=O)[C@@H](C)N2CCN(CC(F)(F)F)C(C)(C)C2)c1. The number of alkyl halides is 3. The third-order valence-electron chi connectivity index (χ3n) is 5.07. The lowest BCUT2D eigenvalue weighted by Crippen LogP contribution is -2.63. The maximum absolute atomic E-state index is 12.8. The molecule has 1 N–H and O–H groups in total. The molecular formula is C19H28F3N3O3. The van der Waals surface area contributed by atoms with E-state index in [4.69, 9.17) is 9.47 Å². The number of hydrogen-bond donors (Lipinski definition) is 1. The van der Waals surface area contributed by atoms with Gasteiger partial charge in [0.25, 0.3) is 0 Å². The van der Waals surface area contributed by atoms with E-state index in [9.17, 15) is 18.0 Å². The second-order valence-corrected chi connectivity index (χ2v) is 7.55. The summed E-state index contributed by atoms with van der Waals surface area (Å²) in [6.45, 7) is 5.30. The quantitative estimate of drug-likeness (QED) is 0.792. The highest BCUT2D eigenvalue weighted by molar-refractivity contribution is 5.96. The second-order valence-electron chi connectivity index (χ2n) is 7.55. The number of nitrogens with zero attached hydrogens (tertiary/aromatic N) is 2. The summed E-state index contributed by atoms with van der Waals surface area (Å²) in [4.78, 5) is 16.1. The number of rotatable bonds is 6. The van der Waals surface area contributed by atoms with E-state index in [-0.39, 0.29) is 12.5 Å². The van der Waals surface area contributed by atoms with Crippen LogP contribution in [0.5, 0.6) is 11.5 Å². The number of hydrogen-bond acceptors (Lipinski definition) is 5. The van der Waals surface area contributed by atoms with Gasteiger partial charge in [-0.2, -0.15) is 13.2 Å². The van der Waals surface area contributed by atoms with Gasteiger partial charge in [0.15, 0.2) is 0 Å². The number of carbonyl (C=O) groups excluding carboxylic acids is 1. The van der Waals surface area contributed by atoms with Gasteiger partial charge in [0.1, 0.15) is 11.5 Å². The number of anilines is 1. The Morgan fingerprint density at radius 2 is 1.93 bits per heavy atom. The van der Waals surface area contributed by atoms with Gasteiger partial charge in [-0.25, -0.2) is 0 Å². The van der Waals surface area contributed by atoms with Gasteiger partial charge in [-0.3, -0.25) is 14.6 Å². The van der Waals surface area contributed by atoms with Crippen LogP contribution in [-0.4, -0.2) is 73.9 Å². The number of piperazine rings is 1. The smallest absolute Gasteiger partial charge is 0.401 e. The largest absolute Gasteiger partial charge is 0.497 e. The minimum absolute atomic E-state index is 0.243. The number of benzene rings is 1. The van der Waals surface area contributed by atoms with Gasteiger partial charge in [0.2, 0.25) is 5.91 Å². The van der Waals surface area contributed by atoms with Crippen molar-refractivity contribution in [3.8, 4) is 11.5 Å². The fourth-order valence-electron chi connectivity index (χ4n) is 3.38. The predicted molar refractivity (Wildman–Crippen MR) is 101 cm³/mol. The lowest BCUT2D eigenvalue weighted by molar-refractivity contribution is -0.166. The van der Waals surface area contributed by atoms with Crippen LogP contribution in [-0.2, 0) is 4.79 Å². The minimum atomic E-state index is -4.24. The number of halogens is 3. The summed E-state index contributed by atoms with van der Waals surface area (Å²) in [7, 11) is 3.03. The normalized spacial score (nSPS) is 19.1. The summed E-state index contributed by atoms with van der Waals surface area (Å²) >= 11 is 0. The molecule has 0 spiro atoms. The fourth-order valence-corrected chi connectivity index (χ4v) is 3.38. The van der Waals surface area contributed by atoms with Gasteiger partial charge in [-0.15, -0.1) is 0 Å². The second kappa shape index (κ2) is 8.57. The van der Waals surface area contributed by atoms with Crippen LogP contribution in [0.15, 0.2) is 18.2 Å². The summed E-state index contributed by atoms with van der Waals surface area (Å²) in [5, 5.41) is 2.83. The molecule has 0 aromatic heterocycles. The fraction of sp³-hybridized carbons (Fsp3) is 0.632. The third kappa shape index (κ3) is 5.51. The maximum atomic E-state index is 12.8. The highest BCUT2D eigenvalue weighted by atomic mass is 19.4. The van der Waals surface area contributed by atoms with E-state index in [2.05, 4.69) is 5.32 Å². The molecule has 1 heterocycles. The Balaban J connectivity index is 2.06. The van der Waals surface area contributed by atoms with Gasteiger partial charge >= 0.3 is 6.18 Å². The van der Waals surface area contributed by atoms with Gasteiger partial charge < -0.3 is 14.8 Å². The van der Waals surface area contributed by atoms with Crippen molar-refractivity contribution in [1.82, 2.24) is 9.80 Å². The summed E-state index contributed by atoms with van der Waals surface area (Å²) < 4.78 is 48.8. The number of amides is 1. The lowest BCUT2D eigenvalue weighted by atomic mass is 9.97. The molecule has 1 aromatic carbocycles. The van der Waals surface area contributed by atoms with Crippen LogP contribution in [0.2, 0.25) is 0 Å². The molecule has 2 rings (SSSR count). The van der Waals surface area contributed by atoms with Crippen LogP contribution in [0.25, 0.3) is 0 Å². The average Bonchev–Trinajstić information content (AvgIpc) is 2.61. The van der Waals surface area contributed by atoms with Gasteiger partial charge in [-0.05, 0) is 32.9 Å². The molecule has 1 saturated heterocycles. The van der Waals surface area contributed by atoms with Crippen molar-refractivity contribution in [2.24, 2.45) is 0 Å². The maximum Gasteiger partial charge on any atom is 0.401 e. The first-order chi connectivity index (χ1) is 13.0. The molecule has 9 heteroatoms. The molecule has 1 fully saturated rings. The van der Waals surface area contributed by atoms with Gasteiger partial charge in [0.05, 0.1) is 32.5 Å². The molecule has 0 radical (unpaired) electrons. The van der Waals surface area contributed by atoms with E-state index in [1.807, 2.05) is 4.90 Å². The van der Waals surface area contributed by atoms with Crippen molar-refractivity contribution in [1.29, 1.82) is 0 Å². The van der Waals surface area contributed by atoms with E-state index >= 15 is 0 Å². The number of ether oxygens (including phenoxy) is 2. The Kier molecular flexibility index (Phi) is 6.82. The van der Waals surface area contributed by atoms with E-state index in [0.717, 1.165) is 0 Å². The monoisotopic (exact) mass is 403 g/mol. The molecule has 0 saturated carbocycles. The van der Waals surface area contributed by atoms with Crippen molar-refractivity contribution in [2.75, 3.05) is 45.7 Å². The first kappa shape index (κ1) is 22.3. The molecule has 1 aromatic rings. The van der Waals surface area contributed by atoms with Crippen LogP contribution in [0.1, 0.15) is 20.8 Å². The molecule has 0 unspecified atom stereocenters. The Bertz CT molecular complexity index is 695. The van der Waals surface area contributed by atoms with Crippen molar-refractivity contribution in [2.45, 2.75) is 38.5 Å². The Labute approximate surface area is 163 Å². The molecule has 0 bridgehead atoms. The van der Waals surface area contributed by atoms with E-state index < -0.39 is 24.3 Å². The standard InChI is InChI=1S/C19H28F3N3O3/c1-13(17(26)23-15-10-14(27-4)6-7-16(15)28-5)24-8-9-25(12-19(20,21)22)18(2,3)11-24/h6-7,10,13H,8-9,11-12H2,1-5H3,(H,23,26)/t13-/m1/s1. The van der Waals surface area contributed by atoms with Crippen LogP contribution >= 0.6 is 0 Å². The Hall–Kier alpha value is -2.00. The number of carbonyl (C=O) groups is 1. The van der Waals surface area contributed by atoms with Crippen LogP contribution in [0.4, 0.5) is 18.9 Å². The molecule has 158 valence electrons. The molecule has 1 atom stereocenters. The first-order valence-electron chi connectivity index (χ1n) is 9.05. The first-order valence-corrected chi connectivity index (χ1v) is 9.05. The van der Waals surface area contributed by atoms with Crippen LogP contribution in [0, 0.1) is 0 Å². The lowest BCUT2D eigenvalue weighted by Gasteiger charge is -2.48. The van der Waals surface area contributed by atoms with Crippen LogP contribution < -0.4 is 14.8 Å². The molecule has 0 aliphatic carbocycles. The molecule has 1 aliphatic rings. The summed E-state index contributed by atoms with van der Waals surface area (Å²) in [6, 6.07) is 4.57. The van der Waals surface area contributed by atoms with E-state index in [0.29, 0.717) is 30.3 Å². The molecule has 28 heavy (non-hydrogen) atoms. The highest BCUT2D eigenvalue weighted by Crippen LogP contribution is 2.30.